The van der Waals surface area contributed by atoms with Gasteiger partial charge in [0, 0.05) is 12.4 Å². The van der Waals surface area contributed by atoms with Crippen LogP contribution in [0.3, 0.4) is 0 Å². The van der Waals surface area contributed by atoms with Crippen LogP contribution in [-0.4, -0.2) is 4.98 Å². The average molecular weight is 173 g/mol. The average Bonchev–Trinajstić information content (AvgIpc) is 2.45. The Morgan fingerprint density at radius 1 is 1.31 bits per heavy atom. The van der Waals surface area contributed by atoms with Crippen LogP contribution >= 0.6 is 0 Å². The lowest BCUT2D eigenvalue weighted by Gasteiger charge is -2.19. The number of pyridine rings is 1. The molecule has 0 aromatic carbocycles. The second-order valence-electron chi connectivity index (χ2n) is 4.67. The van der Waals surface area contributed by atoms with Crippen LogP contribution in [0.2, 0.25) is 0 Å². The third kappa shape index (κ3) is 1.51. The van der Waals surface area contributed by atoms with E-state index in [0.29, 0.717) is 5.41 Å². The van der Waals surface area contributed by atoms with E-state index in [4.69, 9.17) is 0 Å². The van der Waals surface area contributed by atoms with Gasteiger partial charge in [-0.25, -0.2) is 0 Å². The fraction of sp³-hybridized carbons (Fsp3) is 0.417. The maximum absolute atomic E-state index is 4.14. The molecule has 0 N–H and O–H groups in total. The molecule has 68 valence electrons. The summed E-state index contributed by atoms with van der Waals surface area (Å²) in [4.78, 5) is 4.14. The standard InChI is InChI=1S/C12H15N/c1-12(2,3)11-6-9-4-5-13-8-10(9)7-11/h4-6,8H,7H2,1-3H3. The highest BCUT2D eigenvalue weighted by Crippen LogP contribution is 2.35. The summed E-state index contributed by atoms with van der Waals surface area (Å²) in [5.41, 5.74) is 4.52. The summed E-state index contributed by atoms with van der Waals surface area (Å²) in [5.74, 6) is 0. The molecule has 1 aromatic heterocycles. The third-order valence-corrected chi connectivity index (χ3v) is 2.62. The topological polar surface area (TPSA) is 12.9 Å². The van der Waals surface area contributed by atoms with Gasteiger partial charge in [0.05, 0.1) is 0 Å². The first-order valence-electron chi connectivity index (χ1n) is 4.71. The first-order valence-corrected chi connectivity index (χ1v) is 4.71. The van der Waals surface area contributed by atoms with Crippen LogP contribution < -0.4 is 0 Å². The van der Waals surface area contributed by atoms with Gasteiger partial charge in [0.1, 0.15) is 0 Å². The molecule has 1 heterocycles. The van der Waals surface area contributed by atoms with Gasteiger partial charge in [-0.2, -0.15) is 0 Å². The minimum atomic E-state index is 0.291. The lowest BCUT2D eigenvalue weighted by atomic mass is 9.85. The highest BCUT2D eigenvalue weighted by Gasteiger charge is 2.22. The van der Waals surface area contributed by atoms with E-state index >= 15 is 0 Å². The molecule has 2 rings (SSSR count). The van der Waals surface area contributed by atoms with E-state index in [0.717, 1.165) is 6.42 Å². The van der Waals surface area contributed by atoms with Gasteiger partial charge in [-0.05, 0) is 29.0 Å². The molecule has 0 saturated heterocycles. The molecule has 1 aliphatic carbocycles. The molecule has 0 unspecified atom stereocenters. The number of rotatable bonds is 0. The summed E-state index contributed by atoms with van der Waals surface area (Å²) in [6.45, 7) is 6.79. The Morgan fingerprint density at radius 2 is 2.08 bits per heavy atom. The summed E-state index contributed by atoms with van der Waals surface area (Å²) < 4.78 is 0. The Hall–Kier alpha value is -1.11. The van der Waals surface area contributed by atoms with Crippen molar-refractivity contribution in [1.82, 2.24) is 4.98 Å². The van der Waals surface area contributed by atoms with Gasteiger partial charge >= 0.3 is 0 Å². The number of nitrogens with zero attached hydrogens (tertiary/aromatic N) is 1. The van der Waals surface area contributed by atoms with Crippen molar-refractivity contribution < 1.29 is 0 Å². The number of hydrogen-bond donors (Lipinski definition) is 0. The summed E-state index contributed by atoms with van der Waals surface area (Å²) in [6.07, 6.45) is 7.22. The Labute approximate surface area is 79.5 Å². The molecule has 1 aromatic rings. The molecule has 1 nitrogen and oxygen atoms in total. The molecule has 0 radical (unpaired) electrons. The molecule has 0 aliphatic heterocycles. The van der Waals surface area contributed by atoms with Crippen molar-refractivity contribution in [2.45, 2.75) is 27.2 Å². The summed E-state index contributed by atoms with van der Waals surface area (Å²) in [6, 6.07) is 2.09. The molecular formula is C12H15N. The molecule has 0 saturated carbocycles. The van der Waals surface area contributed by atoms with Crippen molar-refractivity contribution in [3.05, 3.63) is 35.2 Å². The summed E-state index contributed by atoms with van der Waals surface area (Å²) >= 11 is 0. The number of fused-ring (bicyclic) bond motifs is 1. The molecule has 0 spiro atoms. The molecular weight excluding hydrogens is 158 g/mol. The van der Waals surface area contributed by atoms with Crippen LogP contribution in [0, 0.1) is 5.41 Å². The number of aromatic nitrogens is 1. The van der Waals surface area contributed by atoms with Crippen LogP contribution in [0.1, 0.15) is 31.9 Å². The molecule has 1 aliphatic rings. The van der Waals surface area contributed by atoms with E-state index in [9.17, 15) is 0 Å². The van der Waals surface area contributed by atoms with E-state index < -0.39 is 0 Å². The largest absolute Gasteiger partial charge is 0.264 e. The Morgan fingerprint density at radius 3 is 2.69 bits per heavy atom. The zero-order chi connectivity index (χ0) is 9.47. The van der Waals surface area contributed by atoms with Crippen LogP contribution in [0.15, 0.2) is 24.0 Å². The van der Waals surface area contributed by atoms with Gasteiger partial charge in [-0.3, -0.25) is 4.98 Å². The van der Waals surface area contributed by atoms with Gasteiger partial charge in [0.15, 0.2) is 0 Å². The Balaban J connectivity index is 2.37. The van der Waals surface area contributed by atoms with E-state index in [1.807, 2.05) is 12.4 Å². The molecule has 13 heavy (non-hydrogen) atoms. The van der Waals surface area contributed by atoms with E-state index in [1.165, 1.54) is 16.7 Å². The van der Waals surface area contributed by atoms with Crippen molar-refractivity contribution in [3.63, 3.8) is 0 Å². The maximum atomic E-state index is 4.14. The lowest BCUT2D eigenvalue weighted by molar-refractivity contribution is 0.498. The summed E-state index contributed by atoms with van der Waals surface area (Å²) in [5, 5.41) is 0. The number of allylic oxidation sites excluding steroid dienone is 1. The van der Waals surface area contributed by atoms with Crippen LogP contribution in [0.4, 0.5) is 0 Å². The zero-order valence-corrected chi connectivity index (χ0v) is 8.46. The lowest BCUT2D eigenvalue weighted by Crippen LogP contribution is -2.08. The van der Waals surface area contributed by atoms with Gasteiger partial charge < -0.3 is 0 Å². The van der Waals surface area contributed by atoms with Crippen molar-refractivity contribution in [1.29, 1.82) is 0 Å². The summed E-state index contributed by atoms with van der Waals surface area (Å²) in [7, 11) is 0. The molecule has 0 amide bonds. The van der Waals surface area contributed by atoms with Gasteiger partial charge in [0.25, 0.3) is 0 Å². The van der Waals surface area contributed by atoms with Crippen LogP contribution in [0.25, 0.3) is 6.08 Å². The maximum Gasteiger partial charge on any atom is 0.0309 e. The van der Waals surface area contributed by atoms with Crippen LogP contribution in [-0.2, 0) is 6.42 Å². The van der Waals surface area contributed by atoms with Gasteiger partial charge in [-0.15, -0.1) is 0 Å². The minimum Gasteiger partial charge on any atom is -0.264 e. The Bertz CT molecular complexity index is 356. The second kappa shape index (κ2) is 2.69. The zero-order valence-electron chi connectivity index (χ0n) is 8.46. The SMILES string of the molecule is CC(C)(C)C1=Cc2ccncc2C1. The fourth-order valence-corrected chi connectivity index (χ4v) is 1.65. The second-order valence-corrected chi connectivity index (χ2v) is 4.67. The van der Waals surface area contributed by atoms with Crippen molar-refractivity contribution >= 4 is 6.08 Å². The molecule has 0 fully saturated rings. The number of hydrogen-bond acceptors (Lipinski definition) is 1. The first kappa shape index (κ1) is 8.49. The highest BCUT2D eigenvalue weighted by molar-refractivity contribution is 5.63. The Kier molecular flexibility index (Phi) is 1.76. The molecule has 0 atom stereocenters. The van der Waals surface area contributed by atoms with E-state index in [1.54, 1.807) is 0 Å². The molecule has 0 bridgehead atoms. The fourth-order valence-electron chi connectivity index (χ4n) is 1.65. The van der Waals surface area contributed by atoms with Crippen molar-refractivity contribution in [3.8, 4) is 0 Å². The normalized spacial score (nSPS) is 15.5. The third-order valence-electron chi connectivity index (χ3n) is 2.62. The highest BCUT2D eigenvalue weighted by atomic mass is 14.6. The quantitative estimate of drug-likeness (QED) is 0.587. The predicted octanol–water partition coefficient (Wildman–Crippen LogP) is 3.07. The first-order chi connectivity index (χ1) is 6.07. The predicted molar refractivity (Wildman–Crippen MR) is 55.4 cm³/mol. The smallest absolute Gasteiger partial charge is 0.0309 e. The van der Waals surface area contributed by atoms with Gasteiger partial charge in [0.2, 0.25) is 0 Å². The van der Waals surface area contributed by atoms with E-state index in [2.05, 4.69) is 37.9 Å². The van der Waals surface area contributed by atoms with Crippen LogP contribution in [0.5, 0.6) is 0 Å². The monoisotopic (exact) mass is 173 g/mol. The van der Waals surface area contributed by atoms with Crippen molar-refractivity contribution in [2.75, 3.05) is 0 Å². The minimum absolute atomic E-state index is 0.291. The molecule has 1 heteroatoms. The van der Waals surface area contributed by atoms with Crippen molar-refractivity contribution in [2.24, 2.45) is 5.41 Å². The van der Waals surface area contributed by atoms with E-state index in [-0.39, 0.29) is 0 Å². The van der Waals surface area contributed by atoms with Gasteiger partial charge in [-0.1, -0.05) is 32.4 Å².